The summed E-state index contributed by atoms with van der Waals surface area (Å²) in [4.78, 5) is 24.7. The Labute approximate surface area is 180 Å². The van der Waals surface area contributed by atoms with Gasteiger partial charge in [0.05, 0.1) is 26.9 Å². The minimum absolute atomic E-state index is 0.142. The van der Waals surface area contributed by atoms with E-state index in [1.165, 1.54) is 13.2 Å². The van der Waals surface area contributed by atoms with Crippen molar-refractivity contribution in [2.45, 2.75) is 0 Å². The summed E-state index contributed by atoms with van der Waals surface area (Å²) in [5.41, 5.74) is 1.66. The first-order valence-corrected chi connectivity index (χ1v) is 9.45. The third kappa shape index (κ3) is 5.51. The summed E-state index contributed by atoms with van der Waals surface area (Å²) in [5.74, 6) is 1.33. The minimum atomic E-state index is -0.515. The number of hydrogen-bond acceptors (Lipinski definition) is 6. The monoisotopic (exact) mass is 418 g/mol. The lowest BCUT2D eigenvalue weighted by molar-refractivity contribution is 0.0729. The van der Waals surface area contributed by atoms with E-state index in [2.05, 4.69) is 0 Å². The zero-order valence-electron chi connectivity index (χ0n) is 17.5. The lowest BCUT2D eigenvalue weighted by Gasteiger charge is -2.10. The fraction of sp³-hybridized carbons (Fsp3) is 0.120. The number of allylic oxidation sites excluding steroid dienone is 1. The fourth-order valence-corrected chi connectivity index (χ4v) is 2.78. The molecule has 0 saturated carbocycles. The van der Waals surface area contributed by atoms with Crippen LogP contribution in [0.15, 0.2) is 72.8 Å². The number of benzene rings is 3. The van der Waals surface area contributed by atoms with Crippen LogP contribution in [0, 0.1) is 0 Å². The Morgan fingerprint density at radius 1 is 0.677 bits per heavy atom. The molecule has 0 saturated heterocycles. The number of carbonyl (C=O) groups is 2. The lowest BCUT2D eigenvalue weighted by Crippen LogP contribution is -2.09. The molecule has 0 radical (unpaired) electrons. The number of rotatable bonds is 8. The molecule has 0 atom stereocenters. The molecule has 6 nitrogen and oxygen atoms in total. The molecule has 6 heteroatoms. The van der Waals surface area contributed by atoms with Crippen LogP contribution >= 0.6 is 0 Å². The second kappa shape index (κ2) is 10.1. The molecule has 0 aliphatic carbocycles. The summed E-state index contributed by atoms with van der Waals surface area (Å²) >= 11 is 0. The predicted molar refractivity (Wildman–Crippen MR) is 117 cm³/mol. The zero-order chi connectivity index (χ0) is 22.2. The van der Waals surface area contributed by atoms with Gasteiger partial charge in [0.25, 0.3) is 0 Å². The van der Waals surface area contributed by atoms with Crippen LogP contribution < -0.4 is 18.9 Å². The molecule has 0 spiro atoms. The van der Waals surface area contributed by atoms with Crippen LogP contribution in [0.1, 0.15) is 26.3 Å². The number of hydrogen-bond donors (Lipinski definition) is 0. The van der Waals surface area contributed by atoms with Gasteiger partial charge in [-0.15, -0.1) is 0 Å². The highest BCUT2D eigenvalue weighted by Gasteiger charge is 2.13. The molecule has 0 unspecified atom stereocenters. The van der Waals surface area contributed by atoms with Crippen molar-refractivity contribution in [1.29, 1.82) is 0 Å². The Morgan fingerprint density at radius 3 is 1.81 bits per heavy atom. The van der Waals surface area contributed by atoms with E-state index in [-0.39, 0.29) is 11.5 Å². The van der Waals surface area contributed by atoms with Crippen molar-refractivity contribution in [3.05, 3.63) is 89.5 Å². The van der Waals surface area contributed by atoms with Crippen LogP contribution in [0.2, 0.25) is 0 Å². The van der Waals surface area contributed by atoms with Gasteiger partial charge in [0.2, 0.25) is 0 Å². The second-order valence-corrected chi connectivity index (χ2v) is 6.45. The van der Waals surface area contributed by atoms with Gasteiger partial charge in [-0.3, -0.25) is 4.79 Å². The lowest BCUT2D eigenvalue weighted by atomic mass is 10.1. The molecule has 0 aliphatic heterocycles. The number of ether oxygens (including phenoxy) is 4. The Kier molecular flexibility index (Phi) is 7.06. The minimum Gasteiger partial charge on any atom is -0.497 e. The molecule has 3 aromatic rings. The highest BCUT2D eigenvalue weighted by atomic mass is 16.6. The number of carbonyl (C=O) groups excluding carboxylic acids is 2. The molecule has 0 aromatic heterocycles. The Morgan fingerprint density at radius 2 is 1.26 bits per heavy atom. The van der Waals surface area contributed by atoms with Crippen molar-refractivity contribution in [3.63, 3.8) is 0 Å². The topological polar surface area (TPSA) is 71.1 Å². The molecule has 3 rings (SSSR count). The molecule has 3 aromatic carbocycles. The van der Waals surface area contributed by atoms with E-state index in [4.69, 9.17) is 18.9 Å². The van der Waals surface area contributed by atoms with Gasteiger partial charge in [-0.2, -0.15) is 0 Å². The standard InChI is InChI=1S/C25H22O6/c1-28-20-10-6-18(7-11-20)22(26)14-4-17-5-15-23(24(16-17)30-3)31-25(27)19-8-12-21(29-2)13-9-19/h4-16H,1-3H3. The third-order valence-corrected chi connectivity index (χ3v) is 4.52. The SMILES string of the molecule is COc1ccc(C(=O)C=Cc2ccc(OC(=O)c3ccc(OC)cc3)c(OC)c2)cc1. The van der Waals surface area contributed by atoms with Crippen molar-refractivity contribution in [3.8, 4) is 23.0 Å². The highest BCUT2D eigenvalue weighted by molar-refractivity contribution is 6.06. The van der Waals surface area contributed by atoms with Gasteiger partial charge in [-0.25, -0.2) is 4.79 Å². The number of ketones is 1. The summed E-state index contributed by atoms with van der Waals surface area (Å²) in [7, 11) is 4.61. The average molecular weight is 418 g/mol. The molecular weight excluding hydrogens is 396 g/mol. The summed E-state index contributed by atoms with van der Waals surface area (Å²) in [6, 6.07) is 18.5. The predicted octanol–water partition coefficient (Wildman–Crippen LogP) is 4.83. The molecule has 158 valence electrons. The van der Waals surface area contributed by atoms with Crippen molar-refractivity contribution in [1.82, 2.24) is 0 Å². The van der Waals surface area contributed by atoms with Gasteiger partial charge in [-0.05, 0) is 72.3 Å². The van der Waals surface area contributed by atoms with Crippen molar-refractivity contribution in [2.24, 2.45) is 0 Å². The van der Waals surface area contributed by atoms with Gasteiger partial charge in [-0.1, -0.05) is 12.1 Å². The largest absolute Gasteiger partial charge is 0.497 e. The zero-order valence-corrected chi connectivity index (χ0v) is 17.5. The van der Waals surface area contributed by atoms with Gasteiger partial charge < -0.3 is 18.9 Å². The Hall–Kier alpha value is -4.06. The summed E-state index contributed by atoms with van der Waals surface area (Å²) in [5, 5.41) is 0. The Balaban J connectivity index is 1.71. The average Bonchev–Trinajstić information content (AvgIpc) is 2.83. The van der Waals surface area contributed by atoms with Gasteiger partial charge >= 0.3 is 5.97 Å². The van der Waals surface area contributed by atoms with E-state index in [0.717, 1.165) is 5.56 Å². The maximum Gasteiger partial charge on any atom is 0.343 e. The fourth-order valence-electron chi connectivity index (χ4n) is 2.78. The first kappa shape index (κ1) is 21.6. The molecular formula is C25H22O6. The van der Waals surface area contributed by atoms with Crippen LogP contribution in [0.25, 0.3) is 6.08 Å². The Bertz CT molecular complexity index is 1080. The number of esters is 1. The molecule has 0 heterocycles. The van der Waals surface area contributed by atoms with E-state index in [0.29, 0.717) is 28.4 Å². The van der Waals surface area contributed by atoms with Crippen LogP contribution in [0.3, 0.4) is 0 Å². The normalized spacial score (nSPS) is 10.5. The van der Waals surface area contributed by atoms with Crippen molar-refractivity contribution < 1.29 is 28.5 Å². The van der Waals surface area contributed by atoms with E-state index in [1.807, 2.05) is 0 Å². The first-order chi connectivity index (χ1) is 15.0. The van der Waals surface area contributed by atoms with Crippen molar-refractivity contribution in [2.75, 3.05) is 21.3 Å². The highest BCUT2D eigenvalue weighted by Crippen LogP contribution is 2.29. The summed E-state index contributed by atoms with van der Waals surface area (Å²) in [6.45, 7) is 0. The van der Waals surface area contributed by atoms with Crippen molar-refractivity contribution >= 4 is 17.8 Å². The van der Waals surface area contributed by atoms with Crippen LogP contribution in [-0.4, -0.2) is 33.1 Å². The molecule has 31 heavy (non-hydrogen) atoms. The smallest absolute Gasteiger partial charge is 0.343 e. The first-order valence-electron chi connectivity index (χ1n) is 9.45. The van der Waals surface area contributed by atoms with Gasteiger partial charge in [0.15, 0.2) is 17.3 Å². The maximum atomic E-state index is 12.4. The van der Waals surface area contributed by atoms with E-state index < -0.39 is 5.97 Å². The second-order valence-electron chi connectivity index (χ2n) is 6.45. The summed E-state index contributed by atoms with van der Waals surface area (Å²) in [6.07, 6.45) is 3.14. The molecule has 0 amide bonds. The molecule has 0 fully saturated rings. The molecule has 0 N–H and O–H groups in total. The maximum absolute atomic E-state index is 12.4. The van der Waals surface area contributed by atoms with Crippen LogP contribution in [0.4, 0.5) is 0 Å². The van der Waals surface area contributed by atoms with E-state index >= 15 is 0 Å². The molecule has 0 bridgehead atoms. The summed E-state index contributed by atoms with van der Waals surface area (Å²) < 4.78 is 21.0. The van der Waals surface area contributed by atoms with E-state index in [9.17, 15) is 9.59 Å². The van der Waals surface area contributed by atoms with E-state index in [1.54, 1.807) is 87.0 Å². The molecule has 0 aliphatic rings. The third-order valence-electron chi connectivity index (χ3n) is 4.52. The number of methoxy groups -OCH3 is 3. The quantitative estimate of drug-likeness (QED) is 0.226. The van der Waals surface area contributed by atoms with Gasteiger partial charge in [0, 0.05) is 5.56 Å². The van der Waals surface area contributed by atoms with Crippen LogP contribution in [-0.2, 0) is 0 Å². The van der Waals surface area contributed by atoms with Gasteiger partial charge in [0.1, 0.15) is 11.5 Å². The van der Waals surface area contributed by atoms with Crippen LogP contribution in [0.5, 0.6) is 23.0 Å².